The predicted molar refractivity (Wildman–Crippen MR) is 116 cm³/mol. The number of aromatic nitrogens is 2. The van der Waals surface area contributed by atoms with Crippen molar-refractivity contribution in [3.8, 4) is 11.5 Å². The summed E-state index contributed by atoms with van der Waals surface area (Å²) in [5.41, 5.74) is 1.98. The van der Waals surface area contributed by atoms with Crippen LogP contribution in [0.1, 0.15) is 43.7 Å². The number of benzene rings is 1. The van der Waals surface area contributed by atoms with E-state index >= 15 is 0 Å². The van der Waals surface area contributed by atoms with Gasteiger partial charge in [0.1, 0.15) is 5.82 Å². The van der Waals surface area contributed by atoms with E-state index in [2.05, 4.69) is 20.5 Å². The van der Waals surface area contributed by atoms with Crippen LogP contribution in [0.2, 0.25) is 0 Å². The molecule has 0 amide bonds. The van der Waals surface area contributed by atoms with Gasteiger partial charge >= 0.3 is 0 Å². The van der Waals surface area contributed by atoms with E-state index in [0.717, 1.165) is 41.7 Å². The van der Waals surface area contributed by atoms with Crippen LogP contribution in [0.25, 0.3) is 0 Å². The number of hydrogen-bond donors (Lipinski definition) is 2. The molecule has 0 bridgehead atoms. The van der Waals surface area contributed by atoms with Gasteiger partial charge in [-0.15, -0.1) is 0 Å². The molecule has 7 heteroatoms. The Kier molecular flexibility index (Phi) is 6.34. The Balaban J connectivity index is 1.41. The van der Waals surface area contributed by atoms with E-state index in [-0.39, 0.29) is 0 Å². The van der Waals surface area contributed by atoms with Crippen molar-refractivity contribution in [2.45, 2.75) is 38.0 Å². The van der Waals surface area contributed by atoms with Gasteiger partial charge in [-0.2, -0.15) is 4.98 Å². The van der Waals surface area contributed by atoms with E-state index in [9.17, 15) is 0 Å². The molecular weight excluding hydrogens is 366 g/mol. The predicted octanol–water partition coefficient (Wildman–Crippen LogP) is 4.01. The van der Waals surface area contributed by atoms with Crippen molar-refractivity contribution in [1.29, 1.82) is 0 Å². The first-order chi connectivity index (χ1) is 14.2. The van der Waals surface area contributed by atoms with Crippen molar-refractivity contribution in [3.05, 3.63) is 30.0 Å². The maximum atomic E-state index is 6.04. The first-order valence-electron chi connectivity index (χ1n) is 10.6. The molecule has 0 atom stereocenters. The molecule has 29 heavy (non-hydrogen) atoms. The van der Waals surface area contributed by atoms with Crippen molar-refractivity contribution >= 4 is 17.5 Å². The number of methoxy groups -OCH3 is 1. The lowest BCUT2D eigenvalue weighted by Gasteiger charge is -2.16. The summed E-state index contributed by atoms with van der Waals surface area (Å²) in [5, 5.41) is 6.45. The maximum Gasteiger partial charge on any atom is 0.229 e. The zero-order chi connectivity index (χ0) is 20.1. The SMILES string of the molecule is CNc1cc(C2CC2)nc(Nc2ccc(OC)c(OCCCN3CCCC3)c2)n1. The van der Waals surface area contributed by atoms with Crippen molar-refractivity contribution in [2.24, 2.45) is 0 Å². The van der Waals surface area contributed by atoms with Crippen LogP contribution in [-0.2, 0) is 0 Å². The number of likely N-dealkylation sites (tertiary alicyclic amines) is 1. The van der Waals surface area contributed by atoms with E-state index in [0.29, 0.717) is 18.5 Å². The molecule has 2 N–H and O–H groups in total. The fraction of sp³-hybridized carbons (Fsp3) is 0.545. The normalized spacial score (nSPS) is 16.6. The third-order valence-electron chi connectivity index (χ3n) is 5.49. The van der Waals surface area contributed by atoms with Gasteiger partial charge in [0.15, 0.2) is 11.5 Å². The van der Waals surface area contributed by atoms with E-state index < -0.39 is 0 Å². The standard InChI is InChI=1S/C22H31N5O2/c1-23-21-15-18(16-6-7-16)25-22(26-21)24-17-8-9-19(28-2)20(14-17)29-13-5-12-27-10-3-4-11-27/h8-9,14-16H,3-7,10-13H2,1-2H3,(H2,23,24,25,26). The minimum Gasteiger partial charge on any atom is -0.493 e. The smallest absolute Gasteiger partial charge is 0.229 e. The molecule has 2 heterocycles. The molecule has 2 aromatic rings. The number of nitrogens with zero attached hydrogens (tertiary/aromatic N) is 3. The lowest BCUT2D eigenvalue weighted by atomic mass is 10.2. The van der Waals surface area contributed by atoms with Gasteiger partial charge in [0, 0.05) is 37.3 Å². The number of hydrogen-bond acceptors (Lipinski definition) is 7. The number of rotatable bonds is 10. The highest BCUT2D eigenvalue weighted by Gasteiger charge is 2.26. The third-order valence-corrected chi connectivity index (χ3v) is 5.49. The van der Waals surface area contributed by atoms with Gasteiger partial charge in [-0.05, 0) is 57.3 Å². The summed E-state index contributed by atoms with van der Waals surface area (Å²) in [7, 11) is 3.55. The quantitative estimate of drug-likeness (QED) is 0.587. The molecule has 1 aliphatic carbocycles. The second-order valence-electron chi connectivity index (χ2n) is 7.77. The summed E-state index contributed by atoms with van der Waals surface area (Å²) in [5.74, 6) is 3.47. The number of ether oxygens (including phenoxy) is 2. The Hall–Kier alpha value is -2.54. The number of anilines is 3. The average molecular weight is 398 g/mol. The molecule has 156 valence electrons. The molecule has 2 aliphatic rings. The van der Waals surface area contributed by atoms with Crippen LogP contribution in [0.3, 0.4) is 0 Å². The highest BCUT2D eigenvalue weighted by Crippen LogP contribution is 2.40. The molecule has 0 radical (unpaired) electrons. The minimum absolute atomic E-state index is 0.566. The summed E-state index contributed by atoms with van der Waals surface area (Å²) in [4.78, 5) is 11.7. The third kappa shape index (κ3) is 5.29. The second kappa shape index (κ2) is 9.31. The van der Waals surface area contributed by atoms with Gasteiger partial charge in [-0.1, -0.05) is 0 Å². The molecule has 0 spiro atoms. The van der Waals surface area contributed by atoms with Crippen molar-refractivity contribution in [1.82, 2.24) is 14.9 Å². The monoisotopic (exact) mass is 397 g/mol. The van der Waals surface area contributed by atoms with Crippen molar-refractivity contribution in [2.75, 3.05) is 51.0 Å². The summed E-state index contributed by atoms with van der Waals surface area (Å²) < 4.78 is 11.5. The molecule has 1 aliphatic heterocycles. The van der Waals surface area contributed by atoms with Crippen LogP contribution in [-0.4, -0.2) is 55.3 Å². The topological polar surface area (TPSA) is 71.5 Å². The fourth-order valence-corrected chi connectivity index (χ4v) is 3.71. The fourth-order valence-electron chi connectivity index (χ4n) is 3.71. The Labute approximate surface area is 172 Å². The minimum atomic E-state index is 0.566. The summed E-state index contributed by atoms with van der Waals surface area (Å²) in [6, 6.07) is 7.87. The Morgan fingerprint density at radius 2 is 1.93 bits per heavy atom. The van der Waals surface area contributed by atoms with Gasteiger partial charge in [-0.25, -0.2) is 4.98 Å². The lowest BCUT2D eigenvalue weighted by Crippen LogP contribution is -2.21. The van der Waals surface area contributed by atoms with Crippen molar-refractivity contribution in [3.63, 3.8) is 0 Å². The highest BCUT2D eigenvalue weighted by atomic mass is 16.5. The zero-order valence-corrected chi connectivity index (χ0v) is 17.4. The average Bonchev–Trinajstić information content (AvgIpc) is 3.47. The van der Waals surface area contributed by atoms with Crippen molar-refractivity contribution < 1.29 is 9.47 Å². The van der Waals surface area contributed by atoms with Gasteiger partial charge in [-0.3, -0.25) is 0 Å². The van der Waals surface area contributed by atoms with Crippen LogP contribution in [0.15, 0.2) is 24.3 Å². The molecule has 1 saturated heterocycles. The van der Waals surface area contributed by atoms with Crippen LogP contribution < -0.4 is 20.1 Å². The molecule has 2 fully saturated rings. The van der Waals surface area contributed by atoms with Gasteiger partial charge in [0.05, 0.1) is 19.4 Å². The van der Waals surface area contributed by atoms with Gasteiger partial charge < -0.3 is 25.0 Å². The first-order valence-corrected chi connectivity index (χ1v) is 10.6. The highest BCUT2D eigenvalue weighted by molar-refractivity contribution is 5.61. The van der Waals surface area contributed by atoms with E-state index in [1.807, 2.05) is 31.3 Å². The lowest BCUT2D eigenvalue weighted by molar-refractivity contribution is 0.254. The van der Waals surface area contributed by atoms with Crippen LogP contribution in [0, 0.1) is 0 Å². The molecule has 0 unspecified atom stereocenters. The first kappa shape index (κ1) is 19.8. The molecular formula is C22H31N5O2. The van der Waals surface area contributed by atoms with Gasteiger partial charge in [0.25, 0.3) is 0 Å². The van der Waals surface area contributed by atoms with E-state index in [1.165, 1.54) is 38.8 Å². The van der Waals surface area contributed by atoms with E-state index in [1.54, 1.807) is 7.11 Å². The summed E-state index contributed by atoms with van der Waals surface area (Å²) in [6.07, 6.45) is 6.07. The second-order valence-corrected chi connectivity index (χ2v) is 7.77. The van der Waals surface area contributed by atoms with E-state index in [4.69, 9.17) is 14.5 Å². The zero-order valence-electron chi connectivity index (χ0n) is 17.4. The summed E-state index contributed by atoms with van der Waals surface area (Å²) in [6.45, 7) is 4.21. The summed E-state index contributed by atoms with van der Waals surface area (Å²) >= 11 is 0. The Morgan fingerprint density at radius 1 is 1.10 bits per heavy atom. The maximum absolute atomic E-state index is 6.04. The molecule has 4 rings (SSSR count). The Morgan fingerprint density at radius 3 is 2.66 bits per heavy atom. The molecule has 1 saturated carbocycles. The van der Waals surface area contributed by atoms with Crippen LogP contribution in [0.5, 0.6) is 11.5 Å². The molecule has 1 aromatic heterocycles. The largest absolute Gasteiger partial charge is 0.493 e. The van der Waals surface area contributed by atoms with Crippen LogP contribution in [0.4, 0.5) is 17.5 Å². The number of nitrogens with one attached hydrogen (secondary N) is 2. The van der Waals surface area contributed by atoms with Crippen LogP contribution >= 0.6 is 0 Å². The molecule has 1 aromatic carbocycles. The Bertz CT molecular complexity index is 819. The molecule has 7 nitrogen and oxygen atoms in total. The van der Waals surface area contributed by atoms with Gasteiger partial charge in [0.2, 0.25) is 5.95 Å².